The highest BCUT2D eigenvalue weighted by Crippen LogP contribution is 2.34. The number of fused-ring (bicyclic) bond motifs is 1. The van der Waals surface area contributed by atoms with Gasteiger partial charge < -0.3 is 9.84 Å². The summed E-state index contributed by atoms with van der Waals surface area (Å²) in [5, 5.41) is 6.39. The largest absolute Gasteiger partial charge is 0.365 e. The first-order valence-electron chi connectivity index (χ1n) is 8.45. The van der Waals surface area contributed by atoms with E-state index in [1.165, 1.54) is 5.56 Å². The van der Waals surface area contributed by atoms with E-state index >= 15 is 0 Å². The van der Waals surface area contributed by atoms with Crippen LogP contribution >= 0.6 is 11.6 Å². The van der Waals surface area contributed by atoms with E-state index in [4.69, 9.17) is 16.3 Å². The van der Waals surface area contributed by atoms with Crippen molar-refractivity contribution in [2.75, 3.05) is 0 Å². The molecule has 2 atom stereocenters. The molecule has 5 heteroatoms. The number of ether oxygens (including phenoxy) is 1. The summed E-state index contributed by atoms with van der Waals surface area (Å²) in [6.45, 7) is 0. The van der Waals surface area contributed by atoms with Gasteiger partial charge in [0.1, 0.15) is 6.10 Å². The summed E-state index contributed by atoms with van der Waals surface area (Å²) in [7, 11) is 0. The molecule has 1 aliphatic rings. The fourth-order valence-electron chi connectivity index (χ4n) is 3.40. The van der Waals surface area contributed by atoms with Crippen LogP contribution in [-0.4, -0.2) is 16.3 Å². The maximum absolute atomic E-state index is 12.2. The molecule has 2 heterocycles. The third-order valence-electron chi connectivity index (χ3n) is 4.69. The van der Waals surface area contributed by atoms with E-state index in [2.05, 4.69) is 34.5 Å². The lowest BCUT2D eigenvalue weighted by Crippen LogP contribution is -2.29. The first kappa shape index (κ1) is 16.2. The number of aromatic amines is 2. The highest BCUT2D eigenvalue weighted by Gasteiger charge is 2.32. The van der Waals surface area contributed by atoms with Crippen LogP contribution in [0.15, 0.2) is 59.4 Å². The molecule has 0 aliphatic carbocycles. The van der Waals surface area contributed by atoms with Crippen LogP contribution in [0.2, 0.25) is 5.02 Å². The van der Waals surface area contributed by atoms with Crippen LogP contribution in [0.5, 0.6) is 0 Å². The zero-order chi connectivity index (χ0) is 17.2. The second-order valence-electron chi connectivity index (χ2n) is 6.39. The van der Waals surface area contributed by atoms with Crippen LogP contribution in [0.3, 0.4) is 0 Å². The molecule has 4 rings (SSSR count). The second kappa shape index (κ2) is 6.90. The predicted molar refractivity (Wildman–Crippen MR) is 98.0 cm³/mol. The molecule has 1 aromatic heterocycles. The number of hydrogen-bond acceptors (Lipinski definition) is 2. The first-order chi connectivity index (χ1) is 12.2. The lowest BCUT2D eigenvalue weighted by molar-refractivity contribution is -0.00906. The number of halogens is 1. The lowest BCUT2D eigenvalue weighted by Gasteiger charge is -2.30. The Morgan fingerprint density at radius 3 is 2.56 bits per heavy atom. The molecule has 0 saturated heterocycles. The Labute approximate surface area is 150 Å². The van der Waals surface area contributed by atoms with Gasteiger partial charge in [0, 0.05) is 17.1 Å². The quantitative estimate of drug-likeness (QED) is 0.743. The molecular weight excluding hydrogens is 336 g/mol. The molecule has 2 N–H and O–H groups in total. The SMILES string of the molecule is O=c1[nH][nH]c2c1[C@H](c1ccc(Cl)cc1)O[C@H](CCc1ccccc1)C2. The second-order valence-corrected chi connectivity index (χ2v) is 6.83. The van der Waals surface area contributed by atoms with E-state index in [0.29, 0.717) is 17.0 Å². The minimum absolute atomic E-state index is 0.0554. The van der Waals surface area contributed by atoms with Crippen LogP contribution in [-0.2, 0) is 17.6 Å². The van der Waals surface area contributed by atoms with Crippen molar-refractivity contribution in [3.63, 3.8) is 0 Å². The Hall–Kier alpha value is -2.30. The zero-order valence-corrected chi connectivity index (χ0v) is 14.4. The monoisotopic (exact) mass is 354 g/mol. The number of hydrogen-bond donors (Lipinski definition) is 2. The molecule has 0 bridgehead atoms. The van der Waals surface area contributed by atoms with Gasteiger partial charge in [0.15, 0.2) is 0 Å². The third-order valence-corrected chi connectivity index (χ3v) is 4.94. The average molecular weight is 355 g/mol. The van der Waals surface area contributed by atoms with Crippen LogP contribution in [0, 0.1) is 0 Å². The van der Waals surface area contributed by atoms with Crippen LogP contribution < -0.4 is 5.56 Å². The fourth-order valence-corrected chi connectivity index (χ4v) is 3.53. The van der Waals surface area contributed by atoms with Crippen molar-refractivity contribution in [1.29, 1.82) is 0 Å². The summed E-state index contributed by atoms with van der Waals surface area (Å²) in [5.41, 5.74) is 3.74. The normalized spacial score (nSPS) is 19.6. The maximum atomic E-state index is 12.2. The summed E-state index contributed by atoms with van der Waals surface area (Å²) in [6.07, 6.45) is 2.26. The molecular formula is C20H19ClN2O2. The molecule has 1 aliphatic heterocycles. The van der Waals surface area contributed by atoms with Crippen LogP contribution in [0.1, 0.15) is 34.9 Å². The number of aryl methyl sites for hydroxylation is 1. The number of aromatic nitrogens is 2. The summed E-state index contributed by atoms with van der Waals surface area (Å²) in [6, 6.07) is 17.9. The Kier molecular flexibility index (Phi) is 4.47. The van der Waals surface area contributed by atoms with Crippen molar-refractivity contribution in [1.82, 2.24) is 10.2 Å². The molecule has 3 aromatic rings. The number of rotatable bonds is 4. The molecule has 0 spiro atoms. The van der Waals surface area contributed by atoms with E-state index in [1.54, 1.807) is 0 Å². The molecule has 0 amide bonds. The van der Waals surface area contributed by atoms with Crippen LogP contribution in [0.25, 0.3) is 0 Å². The van der Waals surface area contributed by atoms with Crippen molar-refractivity contribution >= 4 is 11.6 Å². The molecule has 128 valence electrons. The van der Waals surface area contributed by atoms with Crippen molar-refractivity contribution in [3.05, 3.63) is 92.4 Å². The summed E-state index contributed by atoms with van der Waals surface area (Å²) in [5.74, 6) is 0. The van der Waals surface area contributed by atoms with Gasteiger partial charge in [0.05, 0.1) is 11.7 Å². The molecule has 25 heavy (non-hydrogen) atoms. The highest BCUT2D eigenvalue weighted by molar-refractivity contribution is 6.30. The van der Waals surface area contributed by atoms with Crippen LogP contribution in [0.4, 0.5) is 0 Å². The topological polar surface area (TPSA) is 57.9 Å². The average Bonchev–Trinajstić information content (AvgIpc) is 3.02. The Morgan fingerprint density at radius 2 is 1.80 bits per heavy atom. The Balaban J connectivity index is 1.58. The predicted octanol–water partition coefficient (Wildman–Crippen LogP) is 4.02. The maximum Gasteiger partial charge on any atom is 0.270 e. The van der Waals surface area contributed by atoms with Gasteiger partial charge in [-0.25, -0.2) is 0 Å². The number of benzene rings is 2. The van der Waals surface area contributed by atoms with Crippen molar-refractivity contribution in [2.45, 2.75) is 31.5 Å². The summed E-state index contributed by atoms with van der Waals surface area (Å²) in [4.78, 5) is 12.2. The van der Waals surface area contributed by atoms with Gasteiger partial charge in [-0.3, -0.25) is 9.89 Å². The van der Waals surface area contributed by atoms with Gasteiger partial charge in [-0.05, 0) is 36.1 Å². The molecule has 0 fully saturated rings. The number of H-pyrrole nitrogens is 2. The third kappa shape index (κ3) is 3.41. The van der Waals surface area contributed by atoms with Gasteiger partial charge in [-0.2, -0.15) is 0 Å². The summed E-state index contributed by atoms with van der Waals surface area (Å²) >= 11 is 5.99. The first-order valence-corrected chi connectivity index (χ1v) is 8.83. The van der Waals surface area contributed by atoms with Crippen molar-refractivity contribution in [2.24, 2.45) is 0 Å². The lowest BCUT2D eigenvalue weighted by atomic mass is 9.93. The molecule has 0 unspecified atom stereocenters. The highest BCUT2D eigenvalue weighted by atomic mass is 35.5. The zero-order valence-electron chi connectivity index (χ0n) is 13.7. The van der Waals surface area contributed by atoms with Gasteiger partial charge in [-0.15, -0.1) is 0 Å². The van der Waals surface area contributed by atoms with Gasteiger partial charge in [-0.1, -0.05) is 54.1 Å². The van der Waals surface area contributed by atoms with Crippen molar-refractivity contribution < 1.29 is 4.74 Å². The van der Waals surface area contributed by atoms with E-state index in [1.807, 2.05) is 30.3 Å². The minimum Gasteiger partial charge on any atom is -0.365 e. The van der Waals surface area contributed by atoms with Crippen molar-refractivity contribution in [3.8, 4) is 0 Å². The smallest absolute Gasteiger partial charge is 0.270 e. The van der Waals surface area contributed by atoms with E-state index < -0.39 is 0 Å². The van der Waals surface area contributed by atoms with E-state index in [0.717, 1.165) is 24.1 Å². The Morgan fingerprint density at radius 1 is 1.04 bits per heavy atom. The molecule has 4 nitrogen and oxygen atoms in total. The fraction of sp³-hybridized carbons (Fsp3) is 0.250. The van der Waals surface area contributed by atoms with Gasteiger partial charge in [0.25, 0.3) is 5.56 Å². The molecule has 2 aromatic carbocycles. The van der Waals surface area contributed by atoms with Gasteiger partial charge >= 0.3 is 0 Å². The standard InChI is InChI=1S/C20H19ClN2O2/c21-15-9-7-14(8-10-15)19-18-17(22-23-20(18)24)12-16(25-19)11-6-13-4-2-1-3-5-13/h1-5,7-10,16,19H,6,11-12H2,(H2,22,23,24)/t16-,19+/m1/s1. The molecule has 0 radical (unpaired) electrons. The Bertz CT molecular complexity index is 899. The van der Waals surface area contributed by atoms with E-state index in [-0.39, 0.29) is 17.8 Å². The van der Waals surface area contributed by atoms with E-state index in [9.17, 15) is 4.79 Å². The van der Waals surface area contributed by atoms with Gasteiger partial charge in [0.2, 0.25) is 0 Å². The molecule has 0 saturated carbocycles. The minimum atomic E-state index is -0.364. The summed E-state index contributed by atoms with van der Waals surface area (Å²) < 4.78 is 6.32. The number of nitrogens with one attached hydrogen (secondary N) is 2.